The standard InChI is InChI=1S/C8H18.C7H16.C6H12.C6H14.C5H12/c1-3-5-7-8-6-4-2;1-3-5-7-6-4-2;1-2-4-6-5-3-1;1-3-5-6-4-2;1-3-5-4-2/h3-8H2,1-2H3;3-7H2,1-2H3;1-6H2;3-6H2,1-2H3;3-5H2,1-2H3. The zero-order valence-corrected chi connectivity index (χ0v) is 25.0. The topological polar surface area (TPSA) is 0 Å². The van der Waals surface area contributed by atoms with E-state index in [1.54, 1.807) is 0 Å². The maximum absolute atomic E-state index is 2.26. The molecule has 1 saturated carbocycles. The van der Waals surface area contributed by atoms with E-state index in [0.717, 1.165) is 0 Å². The molecule has 0 heterocycles. The van der Waals surface area contributed by atoms with E-state index in [1.807, 2.05) is 0 Å². The maximum atomic E-state index is 2.26. The highest BCUT2D eigenvalue weighted by atomic mass is 14.0. The van der Waals surface area contributed by atoms with Gasteiger partial charge in [-0.3, -0.25) is 0 Å². The van der Waals surface area contributed by atoms with Crippen molar-refractivity contribution in [1.82, 2.24) is 0 Å². The van der Waals surface area contributed by atoms with Gasteiger partial charge in [-0.1, -0.05) is 209 Å². The van der Waals surface area contributed by atoms with Gasteiger partial charge in [0.15, 0.2) is 0 Å². The molecule has 0 nitrogen and oxygen atoms in total. The van der Waals surface area contributed by atoms with Crippen molar-refractivity contribution in [3.8, 4) is 0 Å². The van der Waals surface area contributed by atoms with Crippen molar-refractivity contribution in [2.24, 2.45) is 0 Å². The summed E-state index contributed by atoms with van der Waals surface area (Å²) >= 11 is 0. The molecule has 0 amide bonds. The number of hydrogen-bond donors (Lipinski definition) is 0. The normalized spacial score (nSPS) is 12.0. The molecule has 0 aliphatic heterocycles. The van der Waals surface area contributed by atoms with E-state index in [0.29, 0.717) is 0 Å². The summed E-state index contributed by atoms with van der Waals surface area (Å²) in [4.78, 5) is 0. The van der Waals surface area contributed by atoms with Crippen LogP contribution in [0.2, 0.25) is 0 Å². The number of hydrogen-bond acceptors (Lipinski definition) is 0. The number of rotatable bonds is 14. The third-order valence-electron chi connectivity index (χ3n) is 5.83. The van der Waals surface area contributed by atoms with Crippen molar-refractivity contribution in [2.45, 2.75) is 209 Å². The molecule has 0 aromatic carbocycles. The van der Waals surface area contributed by atoms with Crippen LogP contribution in [0, 0.1) is 0 Å². The molecule has 1 aliphatic carbocycles. The van der Waals surface area contributed by atoms with Crippen LogP contribution in [0.4, 0.5) is 0 Å². The largest absolute Gasteiger partial charge is 0.0654 e. The molecular formula is C32H72. The third-order valence-corrected chi connectivity index (χ3v) is 5.83. The average molecular weight is 457 g/mol. The molecule has 0 aromatic heterocycles. The average Bonchev–Trinajstić information content (AvgIpc) is 2.84. The minimum absolute atomic E-state index is 1.34. The molecular weight excluding hydrogens is 384 g/mol. The van der Waals surface area contributed by atoms with Crippen LogP contribution in [0.1, 0.15) is 209 Å². The van der Waals surface area contributed by atoms with Gasteiger partial charge in [0.05, 0.1) is 0 Å². The fourth-order valence-corrected chi connectivity index (χ4v) is 3.44. The van der Waals surface area contributed by atoms with Crippen LogP contribution in [-0.4, -0.2) is 0 Å². The number of unbranched alkanes of at least 4 members (excludes halogenated alkanes) is 14. The van der Waals surface area contributed by atoms with Gasteiger partial charge in [0.2, 0.25) is 0 Å². The van der Waals surface area contributed by atoms with E-state index >= 15 is 0 Å². The van der Waals surface area contributed by atoms with Crippen LogP contribution in [0.25, 0.3) is 0 Å². The van der Waals surface area contributed by atoms with Crippen LogP contribution in [0.5, 0.6) is 0 Å². The van der Waals surface area contributed by atoms with Crippen molar-refractivity contribution in [3.63, 3.8) is 0 Å². The maximum Gasteiger partial charge on any atom is -0.0533 e. The summed E-state index contributed by atoms with van der Waals surface area (Å²) in [5.74, 6) is 0. The minimum atomic E-state index is 1.34. The van der Waals surface area contributed by atoms with Gasteiger partial charge in [-0.25, -0.2) is 0 Å². The second kappa shape index (κ2) is 48.4. The molecule has 200 valence electrons. The minimum Gasteiger partial charge on any atom is -0.0654 e. The van der Waals surface area contributed by atoms with Gasteiger partial charge in [0.1, 0.15) is 0 Å². The molecule has 1 aliphatic rings. The highest BCUT2D eigenvalue weighted by Gasteiger charge is 1.95. The van der Waals surface area contributed by atoms with Crippen molar-refractivity contribution in [1.29, 1.82) is 0 Å². The first kappa shape index (κ1) is 39.2. The van der Waals surface area contributed by atoms with Crippen LogP contribution in [-0.2, 0) is 0 Å². The summed E-state index contributed by atoms with van der Waals surface area (Å²) in [6.07, 6.45) is 34.1. The summed E-state index contributed by atoms with van der Waals surface area (Å²) in [6.45, 7) is 17.9. The molecule has 32 heavy (non-hydrogen) atoms. The van der Waals surface area contributed by atoms with E-state index in [9.17, 15) is 0 Å². The van der Waals surface area contributed by atoms with Gasteiger partial charge >= 0.3 is 0 Å². The molecule has 0 N–H and O–H groups in total. The van der Waals surface area contributed by atoms with Crippen molar-refractivity contribution < 1.29 is 0 Å². The molecule has 0 atom stereocenters. The van der Waals surface area contributed by atoms with Crippen molar-refractivity contribution in [3.05, 3.63) is 0 Å². The van der Waals surface area contributed by atoms with Gasteiger partial charge in [-0.15, -0.1) is 0 Å². The SMILES string of the molecule is C1CCCCC1.CCCCC.CCCCCC.CCCCCCC.CCCCCCCC. The molecule has 0 saturated heterocycles. The monoisotopic (exact) mass is 457 g/mol. The van der Waals surface area contributed by atoms with E-state index in [1.165, 1.54) is 154 Å². The van der Waals surface area contributed by atoms with Crippen LogP contribution in [0.3, 0.4) is 0 Å². The van der Waals surface area contributed by atoms with E-state index in [2.05, 4.69) is 55.4 Å². The quantitative estimate of drug-likeness (QED) is 0.228. The lowest BCUT2D eigenvalue weighted by Gasteiger charge is -2.05. The summed E-state index contributed by atoms with van der Waals surface area (Å²) in [6, 6.07) is 0. The highest BCUT2D eigenvalue weighted by molar-refractivity contribution is 4.51. The Morgan fingerprint density at radius 1 is 0.219 bits per heavy atom. The van der Waals surface area contributed by atoms with Crippen LogP contribution in [0.15, 0.2) is 0 Å². The van der Waals surface area contributed by atoms with Crippen LogP contribution >= 0.6 is 0 Å². The Morgan fingerprint density at radius 3 is 0.531 bits per heavy atom. The Kier molecular flexibility index (Phi) is 59.4. The first-order chi connectivity index (χ1) is 15.7. The lowest BCUT2D eigenvalue weighted by molar-refractivity contribution is 0.504. The fourth-order valence-electron chi connectivity index (χ4n) is 3.44. The Labute approximate surface area is 209 Å². The lowest BCUT2D eigenvalue weighted by Crippen LogP contribution is -1.85. The van der Waals surface area contributed by atoms with Crippen LogP contribution < -0.4 is 0 Å². The first-order valence-electron chi connectivity index (χ1n) is 15.7. The van der Waals surface area contributed by atoms with Gasteiger partial charge in [-0.2, -0.15) is 0 Å². The summed E-state index contributed by atoms with van der Waals surface area (Å²) in [5.41, 5.74) is 0. The van der Waals surface area contributed by atoms with E-state index < -0.39 is 0 Å². The molecule has 0 radical (unpaired) electrons. The fraction of sp³-hybridized carbons (Fsp3) is 1.00. The molecule has 0 spiro atoms. The molecule has 0 heteroatoms. The van der Waals surface area contributed by atoms with Gasteiger partial charge in [0, 0.05) is 0 Å². The predicted molar refractivity (Wildman–Crippen MR) is 156 cm³/mol. The predicted octanol–water partition coefficient (Wildman–Crippen LogP) is 13.5. The molecule has 0 aromatic rings. The van der Waals surface area contributed by atoms with E-state index in [-0.39, 0.29) is 0 Å². The third kappa shape index (κ3) is 63.1. The first-order valence-corrected chi connectivity index (χ1v) is 15.7. The summed E-state index contributed by atoms with van der Waals surface area (Å²) in [7, 11) is 0. The van der Waals surface area contributed by atoms with Gasteiger partial charge in [-0.05, 0) is 0 Å². The lowest BCUT2D eigenvalue weighted by atomic mass is 10.0. The smallest absolute Gasteiger partial charge is 0.0533 e. The van der Waals surface area contributed by atoms with Gasteiger partial charge in [0.25, 0.3) is 0 Å². The zero-order valence-electron chi connectivity index (χ0n) is 25.0. The Bertz CT molecular complexity index is 189. The molecule has 1 rings (SSSR count). The zero-order chi connectivity index (χ0) is 25.0. The second-order valence-electron chi connectivity index (χ2n) is 9.66. The summed E-state index contributed by atoms with van der Waals surface area (Å²) in [5, 5.41) is 0. The molecule has 1 fully saturated rings. The van der Waals surface area contributed by atoms with Crippen molar-refractivity contribution >= 4 is 0 Å². The Hall–Kier alpha value is 0. The second-order valence-corrected chi connectivity index (χ2v) is 9.66. The Morgan fingerprint density at radius 2 is 0.375 bits per heavy atom. The molecule has 0 unspecified atom stereocenters. The molecule has 0 bridgehead atoms. The Balaban J connectivity index is -0.000000154. The van der Waals surface area contributed by atoms with E-state index in [4.69, 9.17) is 0 Å². The van der Waals surface area contributed by atoms with Gasteiger partial charge < -0.3 is 0 Å². The van der Waals surface area contributed by atoms with Crippen molar-refractivity contribution in [2.75, 3.05) is 0 Å². The summed E-state index contributed by atoms with van der Waals surface area (Å²) < 4.78 is 0. The highest BCUT2D eigenvalue weighted by Crippen LogP contribution is 2.15.